The van der Waals surface area contributed by atoms with E-state index in [-0.39, 0.29) is 12.3 Å². The van der Waals surface area contributed by atoms with E-state index in [1.54, 1.807) is 0 Å². The first-order valence-electron chi connectivity index (χ1n) is 9.53. The Morgan fingerprint density at radius 2 is 1.86 bits per heavy atom. The highest BCUT2D eigenvalue weighted by atomic mass is 16.5. The molecule has 5 rings (SSSR count). The van der Waals surface area contributed by atoms with Crippen LogP contribution >= 0.6 is 0 Å². The number of rotatable bonds is 4. The summed E-state index contributed by atoms with van der Waals surface area (Å²) >= 11 is 0. The monoisotopic (exact) mass is 375 g/mol. The highest BCUT2D eigenvalue weighted by molar-refractivity contribution is 5.86. The number of carbonyl (C=O) groups excluding carboxylic acids is 1. The molecule has 4 aromatic rings. The molecular formula is C21H21N5O2. The van der Waals surface area contributed by atoms with E-state index in [9.17, 15) is 4.79 Å². The van der Waals surface area contributed by atoms with Crippen LogP contribution < -0.4 is 0 Å². The van der Waals surface area contributed by atoms with Gasteiger partial charge >= 0.3 is 0 Å². The molecule has 0 aliphatic carbocycles. The maximum atomic E-state index is 12.7. The Morgan fingerprint density at radius 3 is 2.71 bits per heavy atom. The van der Waals surface area contributed by atoms with Crippen molar-refractivity contribution < 1.29 is 9.32 Å². The van der Waals surface area contributed by atoms with Crippen molar-refractivity contribution in [2.45, 2.75) is 13.0 Å². The Kier molecular flexibility index (Phi) is 4.29. The smallest absolute Gasteiger partial charge is 0.228 e. The predicted octanol–water partition coefficient (Wildman–Crippen LogP) is 2.36. The van der Waals surface area contributed by atoms with Gasteiger partial charge in [-0.3, -0.25) is 9.69 Å². The molecule has 7 nitrogen and oxygen atoms in total. The van der Waals surface area contributed by atoms with E-state index in [1.807, 2.05) is 52.0 Å². The molecule has 1 fully saturated rings. The van der Waals surface area contributed by atoms with Gasteiger partial charge in [-0.05, 0) is 30.3 Å². The SMILES string of the molecule is O=C(Cc1noc2ccccc12)N1CCN(Cc2cc3ccccn3n2)CC1. The number of pyridine rings is 1. The van der Waals surface area contributed by atoms with Crippen LogP contribution in [0.15, 0.2) is 59.3 Å². The number of fused-ring (bicyclic) bond motifs is 2. The van der Waals surface area contributed by atoms with Crippen molar-refractivity contribution in [3.8, 4) is 0 Å². The molecule has 7 heteroatoms. The van der Waals surface area contributed by atoms with Crippen LogP contribution in [0.3, 0.4) is 0 Å². The molecular weight excluding hydrogens is 354 g/mol. The Morgan fingerprint density at radius 1 is 1.04 bits per heavy atom. The number of amides is 1. The molecule has 142 valence electrons. The summed E-state index contributed by atoms with van der Waals surface area (Å²) in [6.07, 6.45) is 2.24. The molecule has 1 aromatic carbocycles. The third kappa shape index (κ3) is 3.25. The summed E-state index contributed by atoms with van der Waals surface area (Å²) in [4.78, 5) is 17.0. The number of carbonyl (C=O) groups is 1. The normalized spacial score (nSPS) is 15.5. The average molecular weight is 375 g/mol. The molecule has 1 amide bonds. The third-order valence-electron chi connectivity index (χ3n) is 5.30. The molecule has 1 saturated heterocycles. The van der Waals surface area contributed by atoms with E-state index < -0.39 is 0 Å². The molecule has 0 spiro atoms. The molecule has 3 aromatic heterocycles. The van der Waals surface area contributed by atoms with E-state index in [0.29, 0.717) is 5.69 Å². The highest BCUT2D eigenvalue weighted by Crippen LogP contribution is 2.19. The van der Waals surface area contributed by atoms with Crippen molar-refractivity contribution >= 4 is 22.4 Å². The van der Waals surface area contributed by atoms with Gasteiger partial charge in [0, 0.05) is 44.3 Å². The molecule has 0 radical (unpaired) electrons. The summed E-state index contributed by atoms with van der Waals surface area (Å²) in [7, 11) is 0. The summed E-state index contributed by atoms with van der Waals surface area (Å²) in [5.74, 6) is 0.103. The van der Waals surface area contributed by atoms with Gasteiger partial charge in [0.15, 0.2) is 5.58 Å². The van der Waals surface area contributed by atoms with Crippen LogP contribution in [-0.4, -0.2) is 56.7 Å². The molecule has 4 heterocycles. The lowest BCUT2D eigenvalue weighted by atomic mass is 10.1. The first-order chi connectivity index (χ1) is 13.8. The number of hydrogen-bond acceptors (Lipinski definition) is 5. The van der Waals surface area contributed by atoms with Gasteiger partial charge in [0.2, 0.25) is 5.91 Å². The van der Waals surface area contributed by atoms with Crippen LogP contribution in [0.25, 0.3) is 16.5 Å². The lowest BCUT2D eigenvalue weighted by molar-refractivity contribution is -0.132. The van der Waals surface area contributed by atoms with Crippen LogP contribution in [-0.2, 0) is 17.8 Å². The first-order valence-corrected chi connectivity index (χ1v) is 9.53. The molecule has 28 heavy (non-hydrogen) atoms. The van der Waals surface area contributed by atoms with Gasteiger partial charge in [0.05, 0.1) is 17.6 Å². The number of para-hydroxylation sites is 1. The molecule has 0 atom stereocenters. The molecule has 1 aliphatic heterocycles. The molecule has 1 aliphatic rings. The maximum absolute atomic E-state index is 12.7. The van der Waals surface area contributed by atoms with E-state index in [1.165, 1.54) is 0 Å². The summed E-state index contributed by atoms with van der Waals surface area (Å²) < 4.78 is 7.21. The third-order valence-corrected chi connectivity index (χ3v) is 5.30. The van der Waals surface area contributed by atoms with Gasteiger partial charge in [-0.15, -0.1) is 0 Å². The van der Waals surface area contributed by atoms with Gasteiger partial charge in [-0.1, -0.05) is 23.4 Å². The second-order valence-corrected chi connectivity index (χ2v) is 7.16. The largest absolute Gasteiger partial charge is 0.356 e. The zero-order valence-corrected chi connectivity index (χ0v) is 15.5. The first kappa shape index (κ1) is 16.9. The maximum Gasteiger partial charge on any atom is 0.228 e. The molecule has 0 N–H and O–H groups in total. The Bertz CT molecular complexity index is 1090. The van der Waals surface area contributed by atoms with E-state index in [2.05, 4.69) is 27.3 Å². The number of benzene rings is 1. The summed E-state index contributed by atoms with van der Waals surface area (Å²) in [5.41, 5.74) is 3.60. The van der Waals surface area contributed by atoms with Crippen molar-refractivity contribution in [1.82, 2.24) is 24.6 Å². The number of nitrogens with zero attached hydrogens (tertiary/aromatic N) is 5. The topological polar surface area (TPSA) is 66.9 Å². The molecule has 0 saturated carbocycles. The van der Waals surface area contributed by atoms with Gasteiger partial charge < -0.3 is 9.42 Å². The van der Waals surface area contributed by atoms with Crippen molar-refractivity contribution in [2.75, 3.05) is 26.2 Å². The second-order valence-electron chi connectivity index (χ2n) is 7.16. The second kappa shape index (κ2) is 7.09. The number of piperazine rings is 1. The van der Waals surface area contributed by atoms with Crippen molar-refractivity contribution in [2.24, 2.45) is 0 Å². The van der Waals surface area contributed by atoms with Gasteiger partial charge in [0.25, 0.3) is 0 Å². The van der Waals surface area contributed by atoms with Crippen LogP contribution in [0, 0.1) is 0 Å². The predicted molar refractivity (Wildman–Crippen MR) is 105 cm³/mol. The summed E-state index contributed by atoms with van der Waals surface area (Å²) in [6.45, 7) is 3.94. The van der Waals surface area contributed by atoms with Crippen molar-refractivity contribution in [1.29, 1.82) is 0 Å². The molecule has 0 bridgehead atoms. The fourth-order valence-corrected chi connectivity index (χ4v) is 3.77. The van der Waals surface area contributed by atoms with Crippen molar-refractivity contribution in [3.05, 3.63) is 66.1 Å². The van der Waals surface area contributed by atoms with E-state index in [0.717, 1.165) is 54.9 Å². The lowest BCUT2D eigenvalue weighted by Gasteiger charge is -2.34. The Hall–Kier alpha value is -3.19. The average Bonchev–Trinajstić information content (AvgIpc) is 3.32. The van der Waals surface area contributed by atoms with E-state index >= 15 is 0 Å². The zero-order chi connectivity index (χ0) is 18.9. The summed E-state index contributed by atoms with van der Waals surface area (Å²) in [5, 5.41) is 9.61. The fraction of sp³-hybridized carbons (Fsp3) is 0.286. The Labute approximate surface area is 162 Å². The quantitative estimate of drug-likeness (QED) is 0.548. The van der Waals surface area contributed by atoms with Crippen LogP contribution in [0.4, 0.5) is 0 Å². The standard InChI is InChI=1S/C21H21N5O2/c27-21(14-19-18-6-1-2-7-20(18)28-23-19)25-11-9-24(10-12-25)15-16-13-17-5-3-4-8-26(17)22-16/h1-8,13H,9-12,14-15H2. The molecule has 0 unspecified atom stereocenters. The van der Waals surface area contributed by atoms with Gasteiger partial charge in [-0.25, -0.2) is 4.52 Å². The van der Waals surface area contributed by atoms with Gasteiger partial charge in [0.1, 0.15) is 5.69 Å². The number of hydrogen-bond donors (Lipinski definition) is 0. The lowest BCUT2D eigenvalue weighted by Crippen LogP contribution is -2.48. The minimum Gasteiger partial charge on any atom is -0.356 e. The number of aromatic nitrogens is 3. The highest BCUT2D eigenvalue weighted by Gasteiger charge is 2.23. The Balaban J connectivity index is 1.19. The van der Waals surface area contributed by atoms with Crippen molar-refractivity contribution in [3.63, 3.8) is 0 Å². The summed E-state index contributed by atoms with van der Waals surface area (Å²) in [6, 6.07) is 15.8. The minimum atomic E-state index is 0.103. The minimum absolute atomic E-state index is 0.103. The van der Waals surface area contributed by atoms with Crippen LogP contribution in [0.1, 0.15) is 11.4 Å². The van der Waals surface area contributed by atoms with E-state index in [4.69, 9.17) is 4.52 Å². The fourth-order valence-electron chi connectivity index (χ4n) is 3.77. The zero-order valence-electron chi connectivity index (χ0n) is 15.5. The van der Waals surface area contributed by atoms with Gasteiger partial charge in [-0.2, -0.15) is 5.10 Å². The van der Waals surface area contributed by atoms with Crippen LogP contribution in [0.5, 0.6) is 0 Å². The van der Waals surface area contributed by atoms with Crippen LogP contribution in [0.2, 0.25) is 0 Å².